The summed E-state index contributed by atoms with van der Waals surface area (Å²) in [6.07, 6.45) is 43.6. The van der Waals surface area contributed by atoms with E-state index in [2.05, 4.69) is 31.3 Å². The van der Waals surface area contributed by atoms with E-state index in [0.717, 1.165) is 38.5 Å². The smallest absolute Gasteiger partial charge is 0.220 e. The Hall–Kier alpha value is -1.07. The number of unbranched alkanes of at least 4 members (excludes halogenated alkanes) is 33. The summed E-state index contributed by atoms with van der Waals surface area (Å²) in [5.74, 6) is -0.145. The number of nitrogens with one attached hydrogen (secondary N) is 1. The number of carbonyl (C=O) groups is 1. The third kappa shape index (κ3) is 33.1. The summed E-state index contributed by atoms with van der Waals surface area (Å²) in [5.41, 5.74) is 0. The van der Waals surface area contributed by atoms with Crippen molar-refractivity contribution in [2.24, 2.45) is 0 Å². The lowest BCUT2D eigenvalue weighted by molar-refractivity contribution is -0.302. The van der Waals surface area contributed by atoms with Crippen molar-refractivity contribution in [3.63, 3.8) is 0 Å². The molecule has 9 heteroatoms. The van der Waals surface area contributed by atoms with Crippen LogP contribution >= 0.6 is 0 Å². The highest BCUT2D eigenvalue weighted by Crippen LogP contribution is 2.23. The fourth-order valence-corrected chi connectivity index (χ4v) is 8.63. The number of aliphatic hydroxyl groups excluding tert-OH is 5. The third-order valence-corrected chi connectivity index (χ3v) is 12.9. The van der Waals surface area contributed by atoms with Crippen molar-refractivity contribution in [2.45, 2.75) is 301 Å². The number of ether oxygens (including phenoxy) is 2. The van der Waals surface area contributed by atoms with Gasteiger partial charge in [-0.1, -0.05) is 225 Å². The van der Waals surface area contributed by atoms with Crippen molar-refractivity contribution in [2.75, 3.05) is 13.2 Å². The predicted octanol–water partition coefficient (Wildman–Crippen LogP) is 12.1. The molecule has 7 atom stereocenters. The summed E-state index contributed by atoms with van der Waals surface area (Å²) in [5, 5.41) is 54.5. The van der Waals surface area contributed by atoms with E-state index < -0.39 is 49.5 Å². The molecule has 0 aromatic heterocycles. The van der Waals surface area contributed by atoms with E-state index in [1.807, 2.05) is 0 Å². The molecule has 0 saturated carbocycles. The predicted molar refractivity (Wildman–Crippen MR) is 254 cm³/mol. The molecular weight excluding hydrogens is 767 g/mol. The van der Waals surface area contributed by atoms with Gasteiger partial charge in [-0.2, -0.15) is 0 Å². The van der Waals surface area contributed by atoms with Gasteiger partial charge in [0.15, 0.2) is 6.29 Å². The van der Waals surface area contributed by atoms with Crippen LogP contribution in [0, 0.1) is 0 Å². The summed E-state index contributed by atoms with van der Waals surface area (Å²) in [7, 11) is 0. The highest BCUT2D eigenvalue weighted by molar-refractivity contribution is 5.76. The molecule has 0 radical (unpaired) electrons. The average molecular weight is 868 g/mol. The molecule has 1 heterocycles. The maximum absolute atomic E-state index is 13.0. The lowest BCUT2D eigenvalue weighted by atomic mass is 9.99. The van der Waals surface area contributed by atoms with Crippen LogP contribution in [-0.2, 0) is 14.3 Å². The van der Waals surface area contributed by atoms with Crippen molar-refractivity contribution in [1.29, 1.82) is 0 Å². The highest BCUT2D eigenvalue weighted by Gasteiger charge is 2.44. The summed E-state index contributed by atoms with van der Waals surface area (Å²) >= 11 is 0. The van der Waals surface area contributed by atoms with E-state index in [-0.39, 0.29) is 12.5 Å². The molecule has 1 aliphatic rings. The zero-order chi connectivity index (χ0) is 44.4. The quantitative estimate of drug-likeness (QED) is 0.0262. The van der Waals surface area contributed by atoms with Gasteiger partial charge in [0.1, 0.15) is 24.4 Å². The average Bonchev–Trinajstić information content (AvgIpc) is 3.26. The molecule has 7 unspecified atom stereocenters. The molecule has 0 spiro atoms. The number of allylic oxidation sites excluding steroid dienone is 2. The Morgan fingerprint density at radius 2 is 0.918 bits per heavy atom. The van der Waals surface area contributed by atoms with Gasteiger partial charge >= 0.3 is 0 Å². The molecule has 1 fully saturated rings. The van der Waals surface area contributed by atoms with Gasteiger partial charge in [0.25, 0.3) is 0 Å². The van der Waals surface area contributed by atoms with Gasteiger partial charge in [-0.3, -0.25) is 4.79 Å². The molecule has 0 aliphatic carbocycles. The van der Waals surface area contributed by atoms with Crippen LogP contribution in [0.4, 0.5) is 0 Å². The maximum Gasteiger partial charge on any atom is 0.220 e. The molecular formula is C52H101NO8. The Bertz CT molecular complexity index is 966. The lowest BCUT2D eigenvalue weighted by Crippen LogP contribution is -2.60. The zero-order valence-electron chi connectivity index (χ0n) is 39.9. The second kappa shape index (κ2) is 42.9. The molecule has 9 nitrogen and oxygen atoms in total. The maximum atomic E-state index is 13.0. The number of carbonyl (C=O) groups excluding carboxylic acids is 1. The third-order valence-electron chi connectivity index (χ3n) is 12.9. The SMILES string of the molecule is CCCCCCCCCC/C=C\CCCCCCCCCC(=O)NC(COC1OC(CO)C(O)C(O)C1O)C(O)CCCCCCCCCCCCCCCCCCCCC. The molecule has 0 bridgehead atoms. The van der Waals surface area contributed by atoms with E-state index in [1.54, 1.807) is 0 Å². The van der Waals surface area contributed by atoms with Crippen LogP contribution in [0.15, 0.2) is 12.2 Å². The molecule has 1 amide bonds. The van der Waals surface area contributed by atoms with Crippen molar-refractivity contribution in [1.82, 2.24) is 5.32 Å². The van der Waals surface area contributed by atoms with Crippen molar-refractivity contribution >= 4 is 5.91 Å². The van der Waals surface area contributed by atoms with Gasteiger partial charge < -0.3 is 40.3 Å². The fraction of sp³-hybridized carbons (Fsp3) is 0.942. The monoisotopic (exact) mass is 868 g/mol. The van der Waals surface area contributed by atoms with Gasteiger partial charge in [-0.15, -0.1) is 0 Å². The Morgan fingerprint density at radius 1 is 0.541 bits per heavy atom. The lowest BCUT2D eigenvalue weighted by Gasteiger charge is -2.40. The number of rotatable bonds is 45. The van der Waals surface area contributed by atoms with E-state index in [0.29, 0.717) is 12.8 Å². The zero-order valence-corrected chi connectivity index (χ0v) is 39.9. The van der Waals surface area contributed by atoms with E-state index in [1.165, 1.54) is 193 Å². The number of hydrogen-bond donors (Lipinski definition) is 6. The van der Waals surface area contributed by atoms with Crippen LogP contribution in [0.25, 0.3) is 0 Å². The van der Waals surface area contributed by atoms with Crippen LogP contribution in [0.5, 0.6) is 0 Å². The fourth-order valence-electron chi connectivity index (χ4n) is 8.63. The van der Waals surface area contributed by atoms with Gasteiger partial charge in [0, 0.05) is 6.42 Å². The van der Waals surface area contributed by atoms with Crippen LogP contribution in [0.3, 0.4) is 0 Å². The van der Waals surface area contributed by atoms with Gasteiger partial charge in [-0.05, 0) is 38.5 Å². The molecule has 6 N–H and O–H groups in total. The molecule has 61 heavy (non-hydrogen) atoms. The Morgan fingerprint density at radius 3 is 1.33 bits per heavy atom. The number of amides is 1. The van der Waals surface area contributed by atoms with Crippen LogP contribution < -0.4 is 5.32 Å². The minimum atomic E-state index is -1.55. The Labute approximate surface area is 376 Å². The second-order valence-electron chi connectivity index (χ2n) is 18.7. The van der Waals surface area contributed by atoms with E-state index in [4.69, 9.17) is 9.47 Å². The standard InChI is InChI=1S/C52H101NO8/c1-3-5-7-9-11-13-15-17-19-21-23-25-27-29-31-33-35-37-39-41-46(55)45(44-60-52-51(59)50(58)49(57)47(43-54)61-52)53-48(56)42-40-38-36-34-32-30-28-26-24-22-20-18-16-14-12-10-8-6-4-2/h22,24,45-47,49-52,54-55,57-59H,3-21,23,25-44H2,1-2H3,(H,53,56)/b24-22-. The Balaban J connectivity index is 2.26. The molecule has 362 valence electrons. The normalized spacial score (nSPS) is 20.4. The molecule has 1 saturated heterocycles. The first-order valence-electron chi connectivity index (χ1n) is 26.4. The van der Waals surface area contributed by atoms with Gasteiger partial charge in [0.2, 0.25) is 5.91 Å². The first kappa shape index (κ1) is 57.9. The summed E-state index contributed by atoms with van der Waals surface area (Å²) in [6.45, 7) is 3.86. The van der Waals surface area contributed by atoms with Crippen LogP contribution in [0.2, 0.25) is 0 Å². The molecule has 0 aromatic rings. The summed E-state index contributed by atoms with van der Waals surface area (Å²) in [6, 6.07) is -0.718. The minimum Gasteiger partial charge on any atom is -0.394 e. The summed E-state index contributed by atoms with van der Waals surface area (Å²) < 4.78 is 11.3. The molecule has 1 rings (SSSR count). The van der Waals surface area contributed by atoms with Gasteiger partial charge in [0.05, 0.1) is 25.4 Å². The second-order valence-corrected chi connectivity index (χ2v) is 18.7. The van der Waals surface area contributed by atoms with Gasteiger partial charge in [-0.25, -0.2) is 0 Å². The van der Waals surface area contributed by atoms with E-state index in [9.17, 15) is 30.3 Å². The van der Waals surface area contributed by atoms with Crippen molar-refractivity contribution in [3.8, 4) is 0 Å². The number of aliphatic hydroxyl groups is 5. The largest absolute Gasteiger partial charge is 0.394 e. The minimum absolute atomic E-state index is 0.136. The molecule has 0 aromatic carbocycles. The molecule has 1 aliphatic heterocycles. The van der Waals surface area contributed by atoms with Crippen molar-refractivity contribution in [3.05, 3.63) is 12.2 Å². The first-order chi connectivity index (χ1) is 29.8. The summed E-state index contributed by atoms with van der Waals surface area (Å²) in [4.78, 5) is 13.0. The van der Waals surface area contributed by atoms with E-state index >= 15 is 0 Å². The van der Waals surface area contributed by atoms with Crippen molar-refractivity contribution < 1.29 is 39.8 Å². The topological polar surface area (TPSA) is 149 Å². The highest BCUT2D eigenvalue weighted by atomic mass is 16.7. The Kier molecular flexibility index (Phi) is 40.7. The first-order valence-corrected chi connectivity index (χ1v) is 26.4. The van der Waals surface area contributed by atoms with Crippen LogP contribution in [-0.4, -0.2) is 87.5 Å². The number of hydrogen-bond acceptors (Lipinski definition) is 8. The van der Waals surface area contributed by atoms with Crippen LogP contribution in [0.1, 0.15) is 258 Å².